The van der Waals surface area contributed by atoms with Crippen molar-refractivity contribution in [2.24, 2.45) is 0 Å². The van der Waals surface area contributed by atoms with Gasteiger partial charge in [0, 0.05) is 19.7 Å². The molecule has 1 atom stereocenters. The Balaban J connectivity index is 2.32. The molecule has 0 spiro atoms. The van der Waals surface area contributed by atoms with Crippen LogP contribution >= 0.6 is 0 Å². The van der Waals surface area contributed by atoms with E-state index in [1.165, 1.54) is 5.56 Å². The van der Waals surface area contributed by atoms with Gasteiger partial charge in [-0.3, -0.25) is 0 Å². The maximum absolute atomic E-state index is 5.12. The van der Waals surface area contributed by atoms with Crippen molar-refractivity contribution in [1.29, 1.82) is 0 Å². The summed E-state index contributed by atoms with van der Waals surface area (Å²) in [7, 11) is 1.74. The van der Waals surface area contributed by atoms with Crippen molar-refractivity contribution in [2.45, 2.75) is 25.9 Å². The molecule has 1 aromatic carbocycles. The van der Waals surface area contributed by atoms with Crippen molar-refractivity contribution < 1.29 is 4.74 Å². The van der Waals surface area contributed by atoms with E-state index in [-0.39, 0.29) is 0 Å². The van der Waals surface area contributed by atoms with Crippen LogP contribution in [0.1, 0.15) is 18.9 Å². The van der Waals surface area contributed by atoms with E-state index in [1.807, 2.05) is 6.07 Å². The van der Waals surface area contributed by atoms with E-state index in [9.17, 15) is 0 Å². The third-order valence-electron chi connectivity index (χ3n) is 2.30. The molecular formula is C12H19NO. The molecule has 0 bridgehead atoms. The Morgan fingerprint density at radius 2 is 2.00 bits per heavy atom. The summed E-state index contributed by atoms with van der Waals surface area (Å²) in [5.74, 6) is 0. The average molecular weight is 193 g/mol. The van der Waals surface area contributed by atoms with Crippen LogP contribution in [0, 0.1) is 0 Å². The van der Waals surface area contributed by atoms with Crippen LogP contribution in [0.2, 0.25) is 0 Å². The molecule has 0 unspecified atom stereocenters. The summed E-state index contributed by atoms with van der Waals surface area (Å²) in [4.78, 5) is 0. The predicted octanol–water partition coefficient (Wildman–Crippen LogP) is 2.20. The Labute approximate surface area is 86.3 Å². The zero-order valence-electron chi connectivity index (χ0n) is 8.99. The fourth-order valence-electron chi connectivity index (χ4n) is 1.38. The molecule has 14 heavy (non-hydrogen) atoms. The molecule has 1 N–H and O–H groups in total. The summed E-state index contributed by atoms with van der Waals surface area (Å²) in [6.07, 6.45) is 1.10. The number of rotatable bonds is 6. The minimum Gasteiger partial charge on any atom is -0.383 e. The summed E-state index contributed by atoms with van der Waals surface area (Å²) >= 11 is 0. The highest BCUT2D eigenvalue weighted by atomic mass is 16.5. The lowest BCUT2D eigenvalue weighted by Crippen LogP contribution is -2.31. The first-order chi connectivity index (χ1) is 6.86. The summed E-state index contributed by atoms with van der Waals surface area (Å²) in [6.45, 7) is 3.87. The van der Waals surface area contributed by atoms with Gasteiger partial charge in [-0.15, -0.1) is 0 Å². The Morgan fingerprint density at radius 3 is 2.57 bits per heavy atom. The quantitative estimate of drug-likeness (QED) is 0.748. The summed E-state index contributed by atoms with van der Waals surface area (Å²) < 4.78 is 5.12. The molecule has 0 amide bonds. The fraction of sp³-hybridized carbons (Fsp3) is 0.500. The Hall–Kier alpha value is -0.860. The molecule has 0 radical (unpaired) electrons. The minimum absolute atomic E-state index is 0.459. The van der Waals surface area contributed by atoms with E-state index in [1.54, 1.807) is 7.11 Å². The molecule has 2 nitrogen and oxygen atoms in total. The standard InChI is InChI=1S/C12H19NO/c1-3-12(10-14-2)13-9-11-7-5-4-6-8-11/h4-8,12-13H,3,9-10H2,1-2H3/t12-/m1/s1. The second kappa shape index (κ2) is 6.57. The average Bonchev–Trinajstić information content (AvgIpc) is 2.25. The first-order valence-electron chi connectivity index (χ1n) is 5.13. The second-order valence-electron chi connectivity index (χ2n) is 3.43. The minimum atomic E-state index is 0.459. The van der Waals surface area contributed by atoms with Crippen LogP contribution in [0.15, 0.2) is 30.3 Å². The van der Waals surface area contributed by atoms with Crippen molar-refractivity contribution >= 4 is 0 Å². The molecule has 0 aliphatic rings. The van der Waals surface area contributed by atoms with E-state index in [0.29, 0.717) is 6.04 Å². The molecule has 0 saturated carbocycles. The number of hydrogen-bond donors (Lipinski definition) is 1. The van der Waals surface area contributed by atoms with Gasteiger partial charge in [0.15, 0.2) is 0 Å². The molecular weight excluding hydrogens is 174 g/mol. The molecule has 0 aliphatic carbocycles. The maximum atomic E-state index is 5.12. The molecule has 1 rings (SSSR count). The molecule has 0 aromatic heterocycles. The van der Waals surface area contributed by atoms with Gasteiger partial charge in [0.1, 0.15) is 0 Å². The molecule has 2 heteroatoms. The molecule has 0 fully saturated rings. The van der Waals surface area contributed by atoms with Crippen LogP contribution < -0.4 is 5.32 Å². The van der Waals surface area contributed by atoms with Gasteiger partial charge < -0.3 is 10.1 Å². The number of methoxy groups -OCH3 is 1. The number of hydrogen-bond acceptors (Lipinski definition) is 2. The monoisotopic (exact) mass is 193 g/mol. The van der Waals surface area contributed by atoms with Gasteiger partial charge in [-0.2, -0.15) is 0 Å². The van der Waals surface area contributed by atoms with E-state index in [2.05, 4.69) is 36.5 Å². The zero-order chi connectivity index (χ0) is 10.2. The molecule has 0 heterocycles. The number of ether oxygens (including phenoxy) is 1. The van der Waals surface area contributed by atoms with Crippen molar-refractivity contribution in [3.05, 3.63) is 35.9 Å². The highest BCUT2D eigenvalue weighted by Gasteiger charge is 2.03. The van der Waals surface area contributed by atoms with Gasteiger partial charge in [-0.05, 0) is 12.0 Å². The van der Waals surface area contributed by atoms with Crippen molar-refractivity contribution in [1.82, 2.24) is 5.32 Å². The van der Waals surface area contributed by atoms with Crippen LogP contribution in [0.25, 0.3) is 0 Å². The van der Waals surface area contributed by atoms with Crippen LogP contribution in [-0.2, 0) is 11.3 Å². The van der Waals surface area contributed by atoms with Gasteiger partial charge in [0.25, 0.3) is 0 Å². The van der Waals surface area contributed by atoms with Crippen LogP contribution in [0.5, 0.6) is 0 Å². The topological polar surface area (TPSA) is 21.3 Å². The van der Waals surface area contributed by atoms with Gasteiger partial charge in [0.2, 0.25) is 0 Å². The Bertz CT molecular complexity index is 235. The second-order valence-corrected chi connectivity index (χ2v) is 3.43. The van der Waals surface area contributed by atoms with Gasteiger partial charge >= 0.3 is 0 Å². The lowest BCUT2D eigenvalue weighted by molar-refractivity contribution is 0.164. The summed E-state index contributed by atoms with van der Waals surface area (Å²) in [5, 5.41) is 3.46. The van der Waals surface area contributed by atoms with Crippen LogP contribution in [-0.4, -0.2) is 19.8 Å². The lowest BCUT2D eigenvalue weighted by atomic mass is 10.2. The van der Waals surface area contributed by atoms with E-state index >= 15 is 0 Å². The van der Waals surface area contributed by atoms with Crippen molar-refractivity contribution in [3.63, 3.8) is 0 Å². The van der Waals surface area contributed by atoms with E-state index < -0.39 is 0 Å². The van der Waals surface area contributed by atoms with Crippen molar-refractivity contribution in [2.75, 3.05) is 13.7 Å². The molecule has 1 aromatic rings. The SMILES string of the molecule is CC[C@H](COC)NCc1ccccc1. The smallest absolute Gasteiger partial charge is 0.0615 e. The molecule has 0 saturated heterocycles. The van der Waals surface area contributed by atoms with Crippen LogP contribution in [0.3, 0.4) is 0 Å². The lowest BCUT2D eigenvalue weighted by Gasteiger charge is -2.15. The number of benzene rings is 1. The molecule has 78 valence electrons. The predicted molar refractivity (Wildman–Crippen MR) is 59.2 cm³/mol. The van der Waals surface area contributed by atoms with Gasteiger partial charge in [0.05, 0.1) is 6.61 Å². The van der Waals surface area contributed by atoms with E-state index in [0.717, 1.165) is 19.6 Å². The normalized spacial score (nSPS) is 12.7. The highest BCUT2D eigenvalue weighted by Crippen LogP contribution is 1.99. The van der Waals surface area contributed by atoms with Gasteiger partial charge in [-0.25, -0.2) is 0 Å². The largest absolute Gasteiger partial charge is 0.383 e. The first kappa shape index (κ1) is 11.2. The van der Waals surface area contributed by atoms with Gasteiger partial charge in [-0.1, -0.05) is 37.3 Å². The summed E-state index contributed by atoms with van der Waals surface area (Å²) in [6, 6.07) is 10.9. The fourth-order valence-corrected chi connectivity index (χ4v) is 1.38. The molecule has 0 aliphatic heterocycles. The van der Waals surface area contributed by atoms with E-state index in [4.69, 9.17) is 4.74 Å². The Morgan fingerprint density at radius 1 is 1.29 bits per heavy atom. The summed E-state index contributed by atoms with van der Waals surface area (Å²) in [5.41, 5.74) is 1.32. The maximum Gasteiger partial charge on any atom is 0.0615 e. The van der Waals surface area contributed by atoms with Crippen molar-refractivity contribution in [3.8, 4) is 0 Å². The zero-order valence-corrected chi connectivity index (χ0v) is 8.99. The highest BCUT2D eigenvalue weighted by molar-refractivity contribution is 5.14. The third kappa shape index (κ3) is 3.90. The number of nitrogens with one attached hydrogen (secondary N) is 1. The third-order valence-corrected chi connectivity index (χ3v) is 2.30. The van der Waals surface area contributed by atoms with Crippen LogP contribution in [0.4, 0.5) is 0 Å². The Kier molecular flexibility index (Phi) is 5.27. The first-order valence-corrected chi connectivity index (χ1v) is 5.13.